The van der Waals surface area contributed by atoms with Gasteiger partial charge >= 0.3 is 0 Å². The van der Waals surface area contributed by atoms with Crippen LogP contribution in [0.4, 0.5) is 8.78 Å². The van der Waals surface area contributed by atoms with Crippen LogP contribution < -0.4 is 10.6 Å². The molecule has 1 aliphatic rings. The maximum atomic E-state index is 12.5. The van der Waals surface area contributed by atoms with Crippen LogP contribution in [0.15, 0.2) is 33.7 Å². The lowest BCUT2D eigenvalue weighted by Gasteiger charge is -2.32. The molecule has 0 aliphatic carbocycles. The zero-order chi connectivity index (χ0) is 18.8. The monoisotopic (exact) mass is 430 g/mol. The minimum atomic E-state index is -2.25. The quantitative estimate of drug-likeness (QED) is 0.375. The fraction of sp³-hybridized carbons (Fsp3) is 0.632. The molecular formula is C19H29BrF2N4. The predicted octanol–water partition coefficient (Wildman–Crippen LogP) is 3.67. The standard InChI is InChI=1S/C19H29BrF2N4/c1-2-23-19(24-10-4-6-15-5-3-7-16(20)13-15)25-17-8-11-26(12-9-17)14-18(21)22/h3,5,7,13,17-18H,2,4,6,8-12,14H2,1H3,(H2,23,24,25). The number of nitrogens with one attached hydrogen (secondary N) is 2. The lowest BCUT2D eigenvalue weighted by atomic mass is 10.1. The van der Waals surface area contributed by atoms with Gasteiger partial charge in [0.1, 0.15) is 0 Å². The highest BCUT2D eigenvalue weighted by atomic mass is 79.9. The van der Waals surface area contributed by atoms with Crippen molar-refractivity contribution >= 4 is 21.9 Å². The highest BCUT2D eigenvalue weighted by Crippen LogP contribution is 2.13. The van der Waals surface area contributed by atoms with Crippen molar-refractivity contribution in [3.63, 3.8) is 0 Å². The van der Waals surface area contributed by atoms with Crippen LogP contribution in [0.3, 0.4) is 0 Å². The Labute approximate surface area is 163 Å². The molecule has 0 aromatic heterocycles. The van der Waals surface area contributed by atoms with E-state index in [2.05, 4.69) is 49.8 Å². The van der Waals surface area contributed by atoms with Gasteiger partial charge in [-0.1, -0.05) is 28.1 Å². The third kappa shape index (κ3) is 7.99. The number of hydrogen-bond donors (Lipinski definition) is 2. The fourth-order valence-corrected chi connectivity index (χ4v) is 3.58. The molecule has 7 heteroatoms. The van der Waals surface area contributed by atoms with Gasteiger partial charge in [-0.2, -0.15) is 0 Å². The molecular weight excluding hydrogens is 402 g/mol. The van der Waals surface area contributed by atoms with Gasteiger partial charge in [-0.15, -0.1) is 0 Å². The van der Waals surface area contributed by atoms with Gasteiger partial charge in [0, 0.05) is 36.7 Å². The van der Waals surface area contributed by atoms with Crippen molar-refractivity contribution < 1.29 is 8.78 Å². The Morgan fingerprint density at radius 1 is 1.35 bits per heavy atom. The maximum Gasteiger partial charge on any atom is 0.251 e. The van der Waals surface area contributed by atoms with Crippen LogP contribution in [0, 0.1) is 0 Å². The van der Waals surface area contributed by atoms with Gasteiger partial charge in [0.25, 0.3) is 6.43 Å². The molecule has 0 atom stereocenters. The molecule has 1 aromatic rings. The third-order valence-corrected chi connectivity index (χ3v) is 4.94. The molecule has 2 N–H and O–H groups in total. The first-order chi connectivity index (χ1) is 12.6. The number of likely N-dealkylation sites (tertiary alicyclic amines) is 1. The summed E-state index contributed by atoms with van der Waals surface area (Å²) >= 11 is 3.49. The Morgan fingerprint density at radius 3 is 2.77 bits per heavy atom. The van der Waals surface area contributed by atoms with Crippen molar-refractivity contribution in [1.82, 2.24) is 15.5 Å². The fourth-order valence-electron chi connectivity index (χ4n) is 3.13. The first-order valence-corrected chi connectivity index (χ1v) is 10.2. The molecule has 146 valence electrons. The second kappa shape index (κ2) is 11.5. The van der Waals surface area contributed by atoms with E-state index in [1.807, 2.05) is 17.9 Å². The number of benzene rings is 1. The van der Waals surface area contributed by atoms with E-state index in [9.17, 15) is 8.78 Å². The van der Waals surface area contributed by atoms with Gasteiger partial charge in [-0.3, -0.25) is 9.89 Å². The van der Waals surface area contributed by atoms with Crippen molar-refractivity contribution in [3.05, 3.63) is 34.3 Å². The summed E-state index contributed by atoms with van der Waals surface area (Å²) in [6.07, 6.45) is 1.47. The first kappa shape index (κ1) is 21.1. The van der Waals surface area contributed by atoms with E-state index in [0.717, 1.165) is 49.2 Å². The van der Waals surface area contributed by atoms with E-state index in [0.29, 0.717) is 19.1 Å². The second-order valence-corrected chi connectivity index (χ2v) is 7.52. The maximum absolute atomic E-state index is 12.5. The normalized spacial score (nSPS) is 16.9. The van der Waals surface area contributed by atoms with Crippen LogP contribution in [0.25, 0.3) is 0 Å². The summed E-state index contributed by atoms with van der Waals surface area (Å²) in [7, 11) is 0. The molecule has 26 heavy (non-hydrogen) atoms. The number of alkyl halides is 2. The minimum absolute atomic E-state index is 0.115. The highest BCUT2D eigenvalue weighted by Gasteiger charge is 2.21. The van der Waals surface area contributed by atoms with E-state index in [4.69, 9.17) is 0 Å². The van der Waals surface area contributed by atoms with Crippen LogP contribution in [0.1, 0.15) is 31.7 Å². The topological polar surface area (TPSA) is 39.7 Å². The molecule has 0 saturated carbocycles. The second-order valence-electron chi connectivity index (χ2n) is 6.60. The summed E-state index contributed by atoms with van der Waals surface area (Å²) in [5.74, 6) is 0.828. The zero-order valence-corrected chi connectivity index (χ0v) is 16.9. The number of piperidine rings is 1. The molecule has 2 rings (SSSR count). The summed E-state index contributed by atoms with van der Waals surface area (Å²) in [6.45, 7) is 4.92. The molecule has 0 radical (unpaired) electrons. The molecule has 1 saturated heterocycles. The minimum Gasteiger partial charge on any atom is -0.357 e. The van der Waals surface area contributed by atoms with Crippen LogP contribution in [-0.4, -0.2) is 56.1 Å². The summed E-state index contributed by atoms with van der Waals surface area (Å²) in [4.78, 5) is 6.50. The Bertz CT molecular complexity index is 560. The number of halogens is 3. The molecule has 1 aliphatic heterocycles. The molecule has 1 aromatic carbocycles. The molecule has 0 unspecified atom stereocenters. The van der Waals surface area contributed by atoms with Crippen molar-refractivity contribution in [2.75, 3.05) is 32.7 Å². The highest BCUT2D eigenvalue weighted by molar-refractivity contribution is 9.10. The Kier molecular flexibility index (Phi) is 9.32. The van der Waals surface area contributed by atoms with Crippen molar-refractivity contribution in [3.8, 4) is 0 Å². The Balaban J connectivity index is 1.74. The molecule has 0 amide bonds. The van der Waals surface area contributed by atoms with Gasteiger partial charge in [0.15, 0.2) is 5.96 Å². The van der Waals surface area contributed by atoms with Crippen LogP contribution >= 0.6 is 15.9 Å². The van der Waals surface area contributed by atoms with Crippen LogP contribution in [0.5, 0.6) is 0 Å². The molecule has 4 nitrogen and oxygen atoms in total. The molecule has 0 bridgehead atoms. The smallest absolute Gasteiger partial charge is 0.251 e. The van der Waals surface area contributed by atoms with E-state index < -0.39 is 6.43 Å². The van der Waals surface area contributed by atoms with E-state index in [-0.39, 0.29) is 6.54 Å². The van der Waals surface area contributed by atoms with Gasteiger partial charge in [-0.25, -0.2) is 8.78 Å². The summed E-state index contributed by atoms with van der Waals surface area (Å²) in [5.41, 5.74) is 1.30. The van der Waals surface area contributed by atoms with E-state index in [1.165, 1.54) is 5.56 Å². The number of guanidine groups is 1. The SMILES string of the molecule is CCNC(=NCCCc1cccc(Br)c1)NC1CCN(CC(F)F)CC1. The number of hydrogen-bond acceptors (Lipinski definition) is 2. The lowest BCUT2D eigenvalue weighted by molar-refractivity contribution is 0.0744. The van der Waals surface area contributed by atoms with Crippen LogP contribution in [-0.2, 0) is 6.42 Å². The van der Waals surface area contributed by atoms with Gasteiger partial charge in [0.05, 0.1) is 6.54 Å². The third-order valence-electron chi connectivity index (χ3n) is 4.45. The Morgan fingerprint density at radius 2 is 2.12 bits per heavy atom. The average Bonchev–Trinajstić information content (AvgIpc) is 2.60. The van der Waals surface area contributed by atoms with Crippen molar-refractivity contribution in [2.45, 2.75) is 45.1 Å². The average molecular weight is 431 g/mol. The Hall–Kier alpha value is -1.21. The number of nitrogens with zero attached hydrogens (tertiary/aromatic N) is 2. The first-order valence-electron chi connectivity index (χ1n) is 9.36. The molecule has 1 heterocycles. The van der Waals surface area contributed by atoms with Crippen molar-refractivity contribution in [2.24, 2.45) is 4.99 Å². The summed E-state index contributed by atoms with van der Waals surface area (Å²) < 4.78 is 26.0. The molecule has 1 fully saturated rings. The largest absolute Gasteiger partial charge is 0.357 e. The van der Waals surface area contributed by atoms with Crippen molar-refractivity contribution in [1.29, 1.82) is 0 Å². The van der Waals surface area contributed by atoms with E-state index in [1.54, 1.807) is 0 Å². The number of aryl methyl sites for hydroxylation is 1. The number of rotatable bonds is 8. The molecule has 0 spiro atoms. The number of aliphatic imine (C=N–C) groups is 1. The van der Waals surface area contributed by atoms with Gasteiger partial charge < -0.3 is 10.6 Å². The summed E-state index contributed by atoms with van der Waals surface area (Å²) in [6, 6.07) is 8.65. The van der Waals surface area contributed by atoms with E-state index >= 15 is 0 Å². The van der Waals surface area contributed by atoms with Crippen LogP contribution in [0.2, 0.25) is 0 Å². The lowest BCUT2D eigenvalue weighted by Crippen LogP contribution is -2.49. The van der Waals surface area contributed by atoms with Gasteiger partial charge in [-0.05, 0) is 50.3 Å². The predicted molar refractivity (Wildman–Crippen MR) is 107 cm³/mol. The van der Waals surface area contributed by atoms with Gasteiger partial charge in [0.2, 0.25) is 0 Å². The summed E-state index contributed by atoms with van der Waals surface area (Å²) in [5, 5.41) is 6.73. The zero-order valence-electron chi connectivity index (χ0n) is 15.4.